The fraction of sp³-hybridized carbons (Fsp3) is 0.258. The maximum absolute atomic E-state index is 10.8. The van der Waals surface area contributed by atoms with Crippen LogP contribution in [0.4, 0.5) is 0 Å². The Labute approximate surface area is 226 Å². The zero-order valence-corrected chi connectivity index (χ0v) is 21.1. The maximum atomic E-state index is 10.8. The second-order valence-corrected chi connectivity index (χ2v) is 9.45. The average molecular weight is 528 g/mol. The molecule has 0 radical (unpaired) electrons. The van der Waals surface area contributed by atoms with Crippen LogP contribution in [0.25, 0.3) is 0 Å². The van der Waals surface area contributed by atoms with E-state index < -0.39 is 30.4 Å². The Kier molecular flexibility index (Phi) is 7.28. The molecule has 8 heteroatoms. The van der Waals surface area contributed by atoms with Crippen LogP contribution < -0.4 is 9.47 Å². The van der Waals surface area contributed by atoms with E-state index in [0.29, 0.717) is 23.6 Å². The van der Waals surface area contributed by atoms with Gasteiger partial charge < -0.3 is 33.9 Å². The van der Waals surface area contributed by atoms with Crippen LogP contribution in [-0.2, 0) is 33.2 Å². The minimum absolute atomic E-state index is 0.256. The highest BCUT2D eigenvalue weighted by Gasteiger charge is 2.59. The Hall–Kier alpha value is -3.79. The molecule has 0 unspecified atom stereocenters. The van der Waals surface area contributed by atoms with E-state index in [0.717, 1.165) is 11.1 Å². The molecule has 0 bridgehead atoms. The summed E-state index contributed by atoms with van der Waals surface area (Å²) in [6.45, 7) is 0.251. The molecular weight excluding hydrogens is 498 g/mol. The quantitative estimate of drug-likeness (QED) is 0.338. The van der Waals surface area contributed by atoms with Crippen LogP contribution in [0.1, 0.15) is 22.3 Å². The first kappa shape index (κ1) is 25.5. The van der Waals surface area contributed by atoms with Crippen molar-refractivity contribution in [3.05, 3.63) is 125 Å². The average Bonchev–Trinajstić information content (AvgIpc) is 3.52. The number of hydrogen-bond acceptors (Lipinski definition) is 8. The summed E-state index contributed by atoms with van der Waals surface area (Å²) >= 11 is 0. The lowest BCUT2D eigenvalue weighted by atomic mass is 9.98. The van der Waals surface area contributed by atoms with E-state index >= 15 is 0 Å². The van der Waals surface area contributed by atoms with Crippen molar-refractivity contribution in [2.24, 2.45) is 0 Å². The van der Waals surface area contributed by atoms with Gasteiger partial charge in [0.2, 0.25) is 17.5 Å². The highest BCUT2D eigenvalue weighted by Crippen LogP contribution is 2.49. The molecule has 2 fully saturated rings. The molecule has 0 aliphatic carbocycles. The van der Waals surface area contributed by atoms with E-state index in [1.54, 1.807) is 12.1 Å². The number of rotatable bonds is 9. The summed E-state index contributed by atoms with van der Waals surface area (Å²) in [6, 6.07) is 32.5. The number of ether oxygens (including phenoxy) is 5. The minimum atomic E-state index is -1.48. The zero-order chi connectivity index (χ0) is 26.7. The number of aromatic nitrogens is 1. The normalized spacial score (nSPS) is 25.8. The van der Waals surface area contributed by atoms with Crippen LogP contribution in [0.3, 0.4) is 0 Å². The second-order valence-electron chi connectivity index (χ2n) is 9.45. The smallest absolute Gasteiger partial charge is 0.230 e. The molecule has 1 aromatic heterocycles. The van der Waals surface area contributed by atoms with Crippen LogP contribution >= 0.6 is 0 Å². The Bertz CT molecular complexity index is 1370. The summed E-state index contributed by atoms with van der Waals surface area (Å²) in [4.78, 5) is 4.71. The number of hydrogen-bond donors (Lipinski definition) is 2. The molecular formula is C31H29NO7. The van der Waals surface area contributed by atoms with Crippen molar-refractivity contribution in [2.75, 3.05) is 6.61 Å². The first-order chi connectivity index (χ1) is 19.2. The summed E-state index contributed by atoms with van der Waals surface area (Å²) < 4.78 is 31.0. The predicted molar refractivity (Wildman–Crippen MR) is 141 cm³/mol. The van der Waals surface area contributed by atoms with Crippen LogP contribution in [0.2, 0.25) is 0 Å². The number of benzene rings is 3. The monoisotopic (exact) mass is 527 g/mol. The van der Waals surface area contributed by atoms with E-state index in [4.69, 9.17) is 28.7 Å². The fourth-order valence-electron chi connectivity index (χ4n) is 4.85. The van der Waals surface area contributed by atoms with Crippen molar-refractivity contribution >= 4 is 0 Å². The first-order valence-electron chi connectivity index (χ1n) is 12.9. The van der Waals surface area contributed by atoms with E-state index in [9.17, 15) is 10.2 Å². The Morgan fingerprint density at radius 1 is 0.744 bits per heavy atom. The Morgan fingerprint density at radius 2 is 1.36 bits per heavy atom. The van der Waals surface area contributed by atoms with Crippen molar-refractivity contribution in [3.8, 4) is 11.8 Å². The molecule has 3 heterocycles. The molecule has 2 aliphatic rings. The van der Waals surface area contributed by atoms with E-state index in [1.165, 1.54) is 0 Å². The lowest BCUT2D eigenvalue weighted by Gasteiger charge is -2.32. The molecule has 3 aromatic carbocycles. The number of fused-ring (bicyclic) bond motifs is 1. The van der Waals surface area contributed by atoms with Gasteiger partial charge in [0.1, 0.15) is 31.5 Å². The van der Waals surface area contributed by atoms with Gasteiger partial charge in [-0.15, -0.1) is 0 Å². The van der Waals surface area contributed by atoms with Gasteiger partial charge in [-0.25, -0.2) is 0 Å². The molecule has 2 saturated heterocycles. The standard InChI is InChI=1S/C31H29NO7/c33-18-25-27(34)28-30(37-25)39-31(38-28,23-14-8-3-9-15-23)24-16-17-26(35-19-21-10-4-1-5-11-21)32-29(24)36-20-22-12-6-2-7-13-22/h1-17,25,27-28,30,33-34H,18-20H2/t25-,27+,28+,30+,31+/m0/s1. The number of pyridine rings is 1. The van der Waals surface area contributed by atoms with Gasteiger partial charge in [0.05, 0.1) is 12.2 Å². The van der Waals surface area contributed by atoms with Crippen molar-refractivity contribution in [1.29, 1.82) is 0 Å². The third-order valence-electron chi connectivity index (χ3n) is 6.85. The SMILES string of the molecule is OC[C@@H]1O[C@@H]2O[C@](c3ccccc3)(c3ccc(OCc4ccccc4)nc3OCc3ccccc3)O[C@@H]2[C@@H]1O. The topological polar surface area (TPSA) is 99.5 Å². The van der Waals surface area contributed by atoms with Gasteiger partial charge in [-0.3, -0.25) is 0 Å². The van der Waals surface area contributed by atoms with E-state index in [-0.39, 0.29) is 19.1 Å². The number of nitrogens with zero attached hydrogens (tertiary/aromatic N) is 1. The van der Waals surface area contributed by atoms with Crippen LogP contribution in [0.5, 0.6) is 11.8 Å². The van der Waals surface area contributed by atoms with Gasteiger partial charge in [0.25, 0.3) is 0 Å². The molecule has 2 N–H and O–H groups in total. The molecule has 8 nitrogen and oxygen atoms in total. The van der Waals surface area contributed by atoms with Gasteiger partial charge in [-0.2, -0.15) is 4.98 Å². The summed E-state index contributed by atoms with van der Waals surface area (Å²) in [5.41, 5.74) is 3.16. The number of aliphatic hydroxyl groups is 2. The lowest BCUT2D eigenvalue weighted by Crippen LogP contribution is -2.38. The van der Waals surface area contributed by atoms with Gasteiger partial charge in [0, 0.05) is 11.6 Å². The largest absolute Gasteiger partial charge is 0.473 e. The molecule has 6 rings (SSSR count). The molecule has 0 saturated carbocycles. The van der Waals surface area contributed by atoms with Crippen molar-refractivity contribution in [1.82, 2.24) is 4.98 Å². The van der Waals surface area contributed by atoms with Crippen molar-refractivity contribution < 1.29 is 33.9 Å². The van der Waals surface area contributed by atoms with Gasteiger partial charge in [0.15, 0.2) is 6.29 Å². The maximum Gasteiger partial charge on any atom is 0.230 e. The van der Waals surface area contributed by atoms with Gasteiger partial charge >= 0.3 is 0 Å². The molecule has 5 atom stereocenters. The lowest BCUT2D eigenvalue weighted by molar-refractivity contribution is -0.222. The highest BCUT2D eigenvalue weighted by molar-refractivity contribution is 5.42. The van der Waals surface area contributed by atoms with Gasteiger partial charge in [-0.1, -0.05) is 91.0 Å². The second kappa shape index (κ2) is 11.1. The summed E-state index contributed by atoms with van der Waals surface area (Å²) in [7, 11) is 0. The highest BCUT2D eigenvalue weighted by atomic mass is 16.8. The third-order valence-corrected chi connectivity index (χ3v) is 6.85. The predicted octanol–water partition coefficient (Wildman–Crippen LogP) is 3.93. The zero-order valence-electron chi connectivity index (χ0n) is 21.1. The summed E-state index contributed by atoms with van der Waals surface area (Å²) in [5.74, 6) is -0.834. The first-order valence-corrected chi connectivity index (χ1v) is 12.9. The van der Waals surface area contributed by atoms with Crippen LogP contribution in [-0.4, -0.2) is 46.4 Å². The molecule has 0 amide bonds. The molecule has 0 spiro atoms. The molecule has 200 valence electrons. The van der Waals surface area contributed by atoms with E-state index in [1.807, 2.05) is 91.0 Å². The molecule has 4 aromatic rings. The van der Waals surface area contributed by atoms with Crippen molar-refractivity contribution in [3.63, 3.8) is 0 Å². The molecule has 39 heavy (non-hydrogen) atoms. The third kappa shape index (κ3) is 5.13. The van der Waals surface area contributed by atoms with E-state index in [2.05, 4.69) is 0 Å². The fourth-order valence-corrected chi connectivity index (χ4v) is 4.85. The van der Waals surface area contributed by atoms with Crippen LogP contribution in [0.15, 0.2) is 103 Å². The number of aliphatic hydroxyl groups excluding tert-OH is 2. The van der Waals surface area contributed by atoms with Crippen LogP contribution in [0, 0.1) is 0 Å². The summed E-state index contributed by atoms with van der Waals surface area (Å²) in [6.07, 6.45) is -3.58. The molecule has 2 aliphatic heterocycles. The Balaban J connectivity index is 1.38. The summed E-state index contributed by atoms with van der Waals surface area (Å²) in [5, 5.41) is 20.4. The van der Waals surface area contributed by atoms with Crippen molar-refractivity contribution in [2.45, 2.75) is 43.6 Å². The minimum Gasteiger partial charge on any atom is -0.473 e. The Morgan fingerprint density at radius 3 is 1.97 bits per heavy atom. The van der Waals surface area contributed by atoms with Gasteiger partial charge in [-0.05, 0) is 17.2 Å².